The van der Waals surface area contributed by atoms with Crippen LogP contribution in [0.3, 0.4) is 0 Å². The molecule has 24 heavy (non-hydrogen) atoms. The Bertz CT molecular complexity index is 847. The summed E-state index contributed by atoms with van der Waals surface area (Å²) in [5, 5.41) is 11.7. The van der Waals surface area contributed by atoms with Gasteiger partial charge in [0.15, 0.2) is 5.75 Å². The van der Waals surface area contributed by atoms with Crippen LogP contribution in [0.25, 0.3) is 0 Å². The number of nitrogens with one attached hydrogen (secondary N) is 1. The summed E-state index contributed by atoms with van der Waals surface area (Å²) in [5.41, 5.74) is 0.566. The van der Waals surface area contributed by atoms with Gasteiger partial charge in [-0.25, -0.2) is 0 Å². The molecule has 0 aromatic heterocycles. The maximum atomic E-state index is 12.4. The zero-order valence-corrected chi connectivity index (χ0v) is 14.0. The number of hydrogen-bond acceptors (Lipinski definition) is 6. The van der Waals surface area contributed by atoms with Crippen LogP contribution in [0.1, 0.15) is 12.0 Å². The SMILES string of the molecule is Cc1ccc(S(=O)(=O)Oc2ccccc(NCCCO)c2=O)cc1. The maximum Gasteiger partial charge on any atom is 0.339 e. The molecule has 0 aliphatic heterocycles. The van der Waals surface area contributed by atoms with Crippen molar-refractivity contribution in [3.63, 3.8) is 0 Å². The number of rotatable bonds is 7. The van der Waals surface area contributed by atoms with E-state index >= 15 is 0 Å². The van der Waals surface area contributed by atoms with Crippen LogP contribution < -0.4 is 14.9 Å². The fourth-order valence-electron chi connectivity index (χ4n) is 1.96. The minimum atomic E-state index is -4.09. The maximum absolute atomic E-state index is 12.4. The molecule has 0 spiro atoms. The third-order valence-electron chi connectivity index (χ3n) is 3.25. The van der Waals surface area contributed by atoms with Gasteiger partial charge in [-0.1, -0.05) is 29.8 Å². The lowest BCUT2D eigenvalue weighted by Crippen LogP contribution is -2.17. The molecule has 2 aromatic rings. The summed E-state index contributed by atoms with van der Waals surface area (Å²) >= 11 is 0. The molecule has 0 saturated heterocycles. The van der Waals surface area contributed by atoms with E-state index in [4.69, 9.17) is 9.29 Å². The van der Waals surface area contributed by atoms with Crippen molar-refractivity contribution in [1.82, 2.24) is 0 Å². The van der Waals surface area contributed by atoms with Gasteiger partial charge in [0.2, 0.25) is 5.43 Å². The van der Waals surface area contributed by atoms with E-state index < -0.39 is 15.5 Å². The van der Waals surface area contributed by atoms with Gasteiger partial charge >= 0.3 is 10.1 Å². The summed E-state index contributed by atoms with van der Waals surface area (Å²) in [6, 6.07) is 12.1. The molecule has 0 heterocycles. The molecule has 0 aliphatic carbocycles. The lowest BCUT2D eigenvalue weighted by Gasteiger charge is -2.07. The topological polar surface area (TPSA) is 92.7 Å². The largest absolute Gasteiger partial charge is 0.396 e. The average molecular weight is 349 g/mol. The van der Waals surface area contributed by atoms with Crippen LogP contribution in [0.15, 0.2) is 58.2 Å². The van der Waals surface area contributed by atoms with Gasteiger partial charge < -0.3 is 14.6 Å². The number of aryl methyl sites for hydroxylation is 1. The summed E-state index contributed by atoms with van der Waals surface area (Å²) in [7, 11) is -4.09. The highest BCUT2D eigenvalue weighted by Crippen LogP contribution is 2.17. The molecular formula is C17H19NO5S. The van der Waals surface area contributed by atoms with Gasteiger partial charge in [0.25, 0.3) is 0 Å². The van der Waals surface area contributed by atoms with E-state index in [1.54, 1.807) is 18.2 Å². The van der Waals surface area contributed by atoms with Crippen molar-refractivity contribution in [3.8, 4) is 5.75 Å². The summed E-state index contributed by atoms with van der Waals surface area (Å²) in [6.45, 7) is 2.22. The summed E-state index contributed by atoms with van der Waals surface area (Å²) in [4.78, 5) is 12.4. The number of hydrogen-bond donors (Lipinski definition) is 2. The Labute approximate surface area is 140 Å². The molecule has 0 bridgehead atoms. The van der Waals surface area contributed by atoms with Gasteiger partial charge in [-0.2, -0.15) is 8.42 Å². The minimum absolute atomic E-state index is 0.00862. The fourth-order valence-corrected chi connectivity index (χ4v) is 2.89. The summed E-state index contributed by atoms with van der Waals surface area (Å²) in [5.74, 6) is -0.285. The van der Waals surface area contributed by atoms with Gasteiger partial charge in [-0.05, 0) is 37.6 Å². The Morgan fingerprint density at radius 1 is 1.08 bits per heavy atom. The molecule has 2 rings (SSSR count). The Balaban J connectivity index is 2.32. The van der Waals surface area contributed by atoms with E-state index in [9.17, 15) is 13.2 Å². The standard InChI is InChI=1S/C17H19NO5S/c1-13-7-9-14(10-8-13)24(21,22)23-16-6-3-2-5-15(17(16)20)18-11-4-12-19/h2-3,5-10,19H,4,11-12H2,1H3,(H,18,20). The lowest BCUT2D eigenvalue weighted by atomic mass is 10.2. The quantitative estimate of drug-likeness (QED) is 0.586. The van der Waals surface area contributed by atoms with Gasteiger partial charge in [0.1, 0.15) is 4.90 Å². The summed E-state index contributed by atoms with van der Waals surface area (Å²) < 4.78 is 29.7. The fraction of sp³-hybridized carbons (Fsp3) is 0.235. The zero-order valence-electron chi connectivity index (χ0n) is 13.2. The molecule has 7 heteroatoms. The second-order valence-corrected chi connectivity index (χ2v) is 6.73. The van der Waals surface area contributed by atoms with Crippen LogP contribution in [-0.4, -0.2) is 26.7 Å². The van der Waals surface area contributed by atoms with Gasteiger partial charge in [0, 0.05) is 13.2 Å². The van der Waals surface area contributed by atoms with E-state index in [1.807, 2.05) is 6.92 Å². The van der Waals surface area contributed by atoms with Crippen molar-refractivity contribution in [2.24, 2.45) is 0 Å². The Kier molecular flexibility index (Phi) is 5.94. The van der Waals surface area contributed by atoms with Crippen LogP contribution in [0.4, 0.5) is 5.69 Å². The second-order valence-electron chi connectivity index (χ2n) is 5.18. The molecule has 0 atom stereocenters. The van der Waals surface area contributed by atoms with E-state index in [2.05, 4.69) is 5.32 Å². The number of anilines is 1. The molecule has 0 fully saturated rings. The van der Waals surface area contributed by atoms with E-state index in [-0.39, 0.29) is 22.9 Å². The van der Waals surface area contributed by atoms with Crippen molar-refractivity contribution >= 4 is 15.8 Å². The molecule has 128 valence electrons. The molecular weight excluding hydrogens is 330 g/mol. The predicted octanol–water partition coefficient (Wildman–Crippen LogP) is 1.92. The monoisotopic (exact) mass is 349 g/mol. The number of benzene rings is 1. The predicted molar refractivity (Wildman–Crippen MR) is 91.9 cm³/mol. The number of aliphatic hydroxyl groups is 1. The van der Waals surface area contributed by atoms with Crippen molar-refractivity contribution in [2.75, 3.05) is 18.5 Å². The van der Waals surface area contributed by atoms with Crippen LogP contribution >= 0.6 is 0 Å². The van der Waals surface area contributed by atoms with Crippen LogP contribution in [0.5, 0.6) is 5.75 Å². The van der Waals surface area contributed by atoms with Crippen LogP contribution in [0, 0.1) is 6.92 Å². The van der Waals surface area contributed by atoms with E-state index in [0.29, 0.717) is 13.0 Å². The lowest BCUT2D eigenvalue weighted by molar-refractivity contribution is 0.292. The van der Waals surface area contributed by atoms with Crippen molar-refractivity contribution in [1.29, 1.82) is 0 Å². The first kappa shape index (κ1) is 18.0. The smallest absolute Gasteiger partial charge is 0.339 e. The first-order valence-corrected chi connectivity index (χ1v) is 8.84. The molecule has 0 saturated carbocycles. The molecule has 2 aromatic carbocycles. The van der Waals surface area contributed by atoms with Crippen molar-refractivity contribution in [2.45, 2.75) is 18.2 Å². The first-order chi connectivity index (χ1) is 11.4. The Hall–Kier alpha value is -2.38. The summed E-state index contributed by atoms with van der Waals surface area (Å²) in [6.07, 6.45) is 0.468. The highest BCUT2D eigenvalue weighted by molar-refractivity contribution is 7.87. The van der Waals surface area contributed by atoms with E-state index in [1.165, 1.54) is 30.3 Å². The first-order valence-electron chi connectivity index (χ1n) is 7.43. The third kappa shape index (κ3) is 4.56. The third-order valence-corrected chi connectivity index (χ3v) is 4.50. The zero-order chi connectivity index (χ0) is 17.6. The molecule has 0 amide bonds. The highest BCUT2D eigenvalue weighted by Gasteiger charge is 2.18. The van der Waals surface area contributed by atoms with Crippen molar-refractivity contribution < 1.29 is 17.7 Å². The molecule has 6 nitrogen and oxygen atoms in total. The second kappa shape index (κ2) is 7.94. The average Bonchev–Trinajstić information content (AvgIpc) is 2.71. The highest BCUT2D eigenvalue weighted by atomic mass is 32.2. The molecule has 0 radical (unpaired) electrons. The molecule has 0 unspecified atom stereocenters. The minimum Gasteiger partial charge on any atom is -0.396 e. The van der Waals surface area contributed by atoms with Crippen molar-refractivity contribution in [3.05, 3.63) is 64.3 Å². The van der Waals surface area contributed by atoms with E-state index in [0.717, 1.165) is 5.56 Å². The number of aliphatic hydroxyl groups excluding tert-OH is 1. The van der Waals surface area contributed by atoms with Gasteiger partial charge in [0.05, 0.1) is 5.69 Å². The normalized spacial score (nSPS) is 11.1. The Morgan fingerprint density at radius 2 is 1.75 bits per heavy atom. The van der Waals surface area contributed by atoms with Crippen LogP contribution in [0.2, 0.25) is 0 Å². The molecule has 0 aliphatic rings. The van der Waals surface area contributed by atoms with Crippen LogP contribution in [-0.2, 0) is 10.1 Å². The Morgan fingerprint density at radius 3 is 2.42 bits per heavy atom. The molecule has 2 N–H and O–H groups in total. The van der Waals surface area contributed by atoms with Gasteiger partial charge in [-0.3, -0.25) is 4.79 Å². The van der Waals surface area contributed by atoms with Gasteiger partial charge in [-0.15, -0.1) is 0 Å².